The Hall–Kier alpha value is -2.57. The van der Waals surface area contributed by atoms with Gasteiger partial charge in [0.2, 0.25) is 0 Å². The Balaban J connectivity index is 1.91. The minimum atomic E-state index is -0.554. The van der Waals surface area contributed by atoms with E-state index in [1.165, 1.54) is 0 Å². The number of aryl methyl sites for hydroxylation is 3. The van der Waals surface area contributed by atoms with E-state index >= 15 is 0 Å². The van der Waals surface area contributed by atoms with Gasteiger partial charge in [0.15, 0.2) is 6.61 Å². The van der Waals surface area contributed by atoms with Crippen molar-refractivity contribution in [1.82, 2.24) is 4.90 Å². The number of likely N-dealkylation sites (N-methyl/N-ethyl adjacent to an activating group) is 1. The number of anilines is 1. The zero-order valence-corrected chi connectivity index (χ0v) is 18.7. The number of nitrogens with zero attached hydrogens (tertiary/aromatic N) is 1. The van der Waals surface area contributed by atoms with Crippen molar-refractivity contribution >= 4 is 11.6 Å². The molecule has 0 saturated heterocycles. The van der Waals surface area contributed by atoms with Crippen LogP contribution in [-0.2, 0) is 4.79 Å². The van der Waals surface area contributed by atoms with E-state index in [4.69, 9.17) is 9.47 Å². The summed E-state index contributed by atoms with van der Waals surface area (Å²) in [5, 5.41) is 13.1. The van der Waals surface area contributed by atoms with Gasteiger partial charge in [0.25, 0.3) is 5.91 Å². The van der Waals surface area contributed by atoms with Crippen molar-refractivity contribution in [2.45, 2.75) is 40.7 Å². The van der Waals surface area contributed by atoms with Crippen molar-refractivity contribution in [3.8, 4) is 11.5 Å². The highest BCUT2D eigenvalue weighted by molar-refractivity contribution is 5.92. The zero-order valence-electron chi connectivity index (χ0n) is 18.7. The van der Waals surface area contributed by atoms with Crippen LogP contribution in [0, 0.1) is 20.8 Å². The summed E-state index contributed by atoms with van der Waals surface area (Å²) in [5.41, 5.74) is 3.58. The van der Waals surface area contributed by atoms with Crippen LogP contribution in [0.25, 0.3) is 0 Å². The molecule has 0 aliphatic carbocycles. The standard InChI is InChI=1S/C24H34N2O4/c1-6-26(7-2)14-21(27)15-30-24-18(4)12-20(13-19(24)5)25-23(28)16-29-22-10-8-9-17(3)11-22/h8-13,21,27H,6-7,14-16H2,1-5H3,(H,25,28). The Morgan fingerprint density at radius 1 is 1.07 bits per heavy atom. The van der Waals surface area contributed by atoms with Crippen LogP contribution in [-0.4, -0.2) is 54.9 Å². The molecule has 0 saturated carbocycles. The van der Waals surface area contributed by atoms with Crippen LogP contribution in [0.5, 0.6) is 11.5 Å². The first-order chi connectivity index (χ1) is 14.3. The summed E-state index contributed by atoms with van der Waals surface area (Å²) in [7, 11) is 0. The lowest BCUT2D eigenvalue weighted by Gasteiger charge is -2.23. The first-order valence-corrected chi connectivity index (χ1v) is 10.5. The highest BCUT2D eigenvalue weighted by Gasteiger charge is 2.13. The molecule has 0 bridgehead atoms. The van der Waals surface area contributed by atoms with Gasteiger partial charge < -0.3 is 24.8 Å². The monoisotopic (exact) mass is 414 g/mol. The fourth-order valence-electron chi connectivity index (χ4n) is 3.31. The van der Waals surface area contributed by atoms with E-state index in [-0.39, 0.29) is 19.1 Å². The molecule has 164 valence electrons. The zero-order chi connectivity index (χ0) is 22.1. The van der Waals surface area contributed by atoms with Crippen molar-refractivity contribution in [3.63, 3.8) is 0 Å². The molecular weight excluding hydrogens is 380 g/mol. The number of aliphatic hydroxyl groups is 1. The lowest BCUT2D eigenvalue weighted by Crippen LogP contribution is -2.35. The van der Waals surface area contributed by atoms with Crippen molar-refractivity contribution in [2.75, 3.05) is 38.2 Å². The first-order valence-electron chi connectivity index (χ1n) is 10.5. The maximum absolute atomic E-state index is 12.2. The molecule has 2 rings (SSSR count). The summed E-state index contributed by atoms with van der Waals surface area (Å²) in [6.45, 7) is 12.5. The third kappa shape index (κ3) is 7.35. The van der Waals surface area contributed by atoms with Crippen LogP contribution in [0.15, 0.2) is 36.4 Å². The molecule has 6 nitrogen and oxygen atoms in total. The van der Waals surface area contributed by atoms with E-state index in [0.717, 1.165) is 35.5 Å². The number of rotatable bonds is 11. The third-order valence-electron chi connectivity index (χ3n) is 4.89. The smallest absolute Gasteiger partial charge is 0.262 e. The number of benzene rings is 2. The minimum absolute atomic E-state index is 0.0582. The summed E-state index contributed by atoms with van der Waals surface area (Å²) < 4.78 is 11.4. The molecule has 0 aromatic heterocycles. The molecule has 1 amide bonds. The Morgan fingerprint density at radius 2 is 1.73 bits per heavy atom. The number of amides is 1. The largest absolute Gasteiger partial charge is 0.490 e. The number of aliphatic hydroxyl groups excluding tert-OH is 1. The van der Waals surface area contributed by atoms with Gasteiger partial charge in [-0.1, -0.05) is 26.0 Å². The molecule has 0 aliphatic rings. The van der Waals surface area contributed by atoms with Gasteiger partial charge in [0.1, 0.15) is 24.2 Å². The molecule has 0 aliphatic heterocycles. The highest BCUT2D eigenvalue weighted by Crippen LogP contribution is 2.27. The average Bonchev–Trinajstić information content (AvgIpc) is 2.70. The van der Waals surface area contributed by atoms with Gasteiger partial charge in [-0.15, -0.1) is 0 Å². The van der Waals surface area contributed by atoms with E-state index in [0.29, 0.717) is 18.0 Å². The maximum atomic E-state index is 12.2. The molecule has 0 radical (unpaired) electrons. The van der Waals surface area contributed by atoms with Crippen molar-refractivity contribution in [1.29, 1.82) is 0 Å². The summed E-state index contributed by atoms with van der Waals surface area (Å²) >= 11 is 0. The highest BCUT2D eigenvalue weighted by atomic mass is 16.5. The lowest BCUT2D eigenvalue weighted by atomic mass is 10.1. The van der Waals surface area contributed by atoms with Gasteiger partial charge in [-0.3, -0.25) is 4.79 Å². The maximum Gasteiger partial charge on any atom is 0.262 e. The van der Waals surface area contributed by atoms with Crippen molar-refractivity contribution in [3.05, 3.63) is 53.1 Å². The summed E-state index contributed by atoms with van der Waals surface area (Å²) in [4.78, 5) is 14.4. The van der Waals surface area contributed by atoms with Crippen LogP contribution < -0.4 is 14.8 Å². The average molecular weight is 415 g/mol. The van der Waals surface area contributed by atoms with E-state index in [1.54, 1.807) is 0 Å². The molecule has 0 heterocycles. The van der Waals surface area contributed by atoms with Crippen molar-refractivity contribution < 1.29 is 19.4 Å². The number of hydrogen-bond acceptors (Lipinski definition) is 5. The number of hydrogen-bond donors (Lipinski definition) is 2. The van der Waals surface area contributed by atoms with Crippen LogP contribution in [0.3, 0.4) is 0 Å². The number of carbonyl (C=O) groups is 1. The molecule has 0 fully saturated rings. The van der Waals surface area contributed by atoms with Crippen LogP contribution in [0.4, 0.5) is 5.69 Å². The predicted molar refractivity (Wildman–Crippen MR) is 121 cm³/mol. The van der Waals surface area contributed by atoms with Gasteiger partial charge in [-0.25, -0.2) is 0 Å². The quantitative estimate of drug-likeness (QED) is 0.587. The molecule has 6 heteroatoms. The number of nitrogens with one attached hydrogen (secondary N) is 1. The van der Waals surface area contributed by atoms with E-state index in [1.807, 2.05) is 57.2 Å². The minimum Gasteiger partial charge on any atom is -0.490 e. The van der Waals surface area contributed by atoms with Crippen molar-refractivity contribution in [2.24, 2.45) is 0 Å². The summed E-state index contributed by atoms with van der Waals surface area (Å²) in [5.74, 6) is 1.19. The SMILES string of the molecule is CCN(CC)CC(O)COc1c(C)cc(NC(=O)COc2cccc(C)c2)cc1C. The van der Waals surface area contributed by atoms with E-state index in [2.05, 4.69) is 24.1 Å². The molecule has 1 unspecified atom stereocenters. The fourth-order valence-corrected chi connectivity index (χ4v) is 3.31. The molecule has 0 spiro atoms. The number of carbonyl (C=O) groups excluding carboxylic acids is 1. The van der Waals surface area contributed by atoms with Gasteiger partial charge in [-0.05, 0) is 74.8 Å². The molecular formula is C24H34N2O4. The predicted octanol–water partition coefficient (Wildman–Crippen LogP) is 3.71. The molecule has 30 heavy (non-hydrogen) atoms. The second kappa shape index (κ2) is 11.6. The molecule has 1 atom stereocenters. The normalized spacial score (nSPS) is 12.0. The third-order valence-corrected chi connectivity index (χ3v) is 4.89. The Kier molecular flexibility index (Phi) is 9.15. The first kappa shape index (κ1) is 23.7. The van der Waals surface area contributed by atoms with Crippen LogP contribution in [0.1, 0.15) is 30.5 Å². The van der Waals surface area contributed by atoms with Crippen LogP contribution >= 0.6 is 0 Å². The topological polar surface area (TPSA) is 71.0 Å². The number of ether oxygens (including phenoxy) is 2. The van der Waals surface area contributed by atoms with E-state index in [9.17, 15) is 9.90 Å². The molecule has 2 N–H and O–H groups in total. The lowest BCUT2D eigenvalue weighted by molar-refractivity contribution is -0.118. The second-order valence-electron chi connectivity index (χ2n) is 7.54. The second-order valence-corrected chi connectivity index (χ2v) is 7.54. The molecule has 2 aromatic rings. The fraction of sp³-hybridized carbons (Fsp3) is 0.458. The van der Waals surface area contributed by atoms with Crippen LogP contribution in [0.2, 0.25) is 0 Å². The molecule has 2 aromatic carbocycles. The Labute approximate surface area is 179 Å². The van der Waals surface area contributed by atoms with E-state index < -0.39 is 6.10 Å². The summed E-state index contributed by atoms with van der Waals surface area (Å²) in [6.07, 6.45) is -0.554. The Morgan fingerprint density at radius 3 is 2.33 bits per heavy atom. The van der Waals surface area contributed by atoms with Gasteiger partial charge in [0.05, 0.1) is 0 Å². The van der Waals surface area contributed by atoms with Gasteiger partial charge in [-0.2, -0.15) is 0 Å². The Bertz CT molecular complexity index is 811. The summed E-state index contributed by atoms with van der Waals surface area (Å²) in [6, 6.07) is 11.3. The van der Waals surface area contributed by atoms with Gasteiger partial charge >= 0.3 is 0 Å². The van der Waals surface area contributed by atoms with Gasteiger partial charge in [0, 0.05) is 12.2 Å².